The first-order chi connectivity index (χ1) is 26.1. The molecule has 0 bridgehead atoms. The second kappa shape index (κ2) is 11.2. The molecule has 8 aromatic carbocycles. The van der Waals surface area contributed by atoms with Crippen LogP contribution in [0.3, 0.4) is 0 Å². The lowest BCUT2D eigenvalue weighted by Gasteiger charge is -2.40. The highest BCUT2D eigenvalue weighted by Gasteiger charge is 2.45. The van der Waals surface area contributed by atoms with E-state index in [4.69, 9.17) is 4.74 Å². The van der Waals surface area contributed by atoms with E-state index in [2.05, 4.69) is 200 Å². The van der Waals surface area contributed by atoms with Gasteiger partial charge in [0.1, 0.15) is 11.5 Å². The Kier molecular flexibility index (Phi) is 6.39. The summed E-state index contributed by atoms with van der Waals surface area (Å²) in [6.07, 6.45) is 0. The molecule has 3 aliphatic rings. The van der Waals surface area contributed by atoms with Crippen LogP contribution in [-0.4, -0.2) is 6.71 Å². The van der Waals surface area contributed by atoms with Gasteiger partial charge < -0.3 is 14.5 Å². The standard InChI is InChI=1S/C49H35BN2O/c1-49(2)40-29-36(51(33-16-6-3-7-17-33)34-18-8-4-9-19-34)26-27-38(40)39-30-46-42(31-41(39)49)50-47-37-22-13-12-15-32(37)25-28-44(47)52(35-20-10-5-11-21-35)43-23-14-24-45(53-46)48(43)50/h3-31H,1-2H3. The molecule has 0 amide bonds. The molecule has 0 saturated carbocycles. The summed E-state index contributed by atoms with van der Waals surface area (Å²) in [5.41, 5.74) is 15.7. The van der Waals surface area contributed by atoms with Crippen LogP contribution >= 0.6 is 0 Å². The SMILES string of the molecule is CC1(C)c2cc(N(c3ccccc3)c3ccccc3)ccc2-c2cc3c(cc21)B1c2c(cccc2N(c2ccccc2)c2ccc4ccccc4c21)O3. The predicted molar refractivity (Wildman–Crippen MR) is 222 cm³/mol. The zero-order chi connectivity index (χ0) is 35.3. The van der Waals surface area contributed by atoms with Crippen LogP contribution in [0, 0.1) is 0 Å². The number of ether oxygens (including phenoxy) is 1. The van der Waals surface area contributed by atoms with Crippen molar-refractivity contribution in [2.24, 2.45) is 0 Å². The highest BCUT2D eigenvalue weighted by molar-refractivity contribution is 7.00. The molecule has 0 spiro atoms. The average Bonchev–Trinajstić information content (AvgIpc) is 3.42. The van der Waals surface area contributed by atoms with Gasteiger partial charge in [-0.05, 0) is 122 Å². The second-order valence-electron chi connectivity index (χ2n) is 14.9. The first-order valence-corrected chi connectivity index (χ1v) is 18.5. The average molecular weight is 679 g/mol. The number of hydrogen-bond acceptors (Lipinski definition) is 3. The summed E-state index contributed by atoms with van der Waals surface area (Å²) >= 11 is 0. The molecule has 2 aliphatic heterocycles. The third-order valence-corrected chi connectivity index (χ3v) is 11.7. The van der Waals surface area contributed by atoms with E-state index < -0.39 is 0 Å². The fourth-order valence-electron chi connectivity index (χ4n) is 9.27. The van der Waals surface area contributed by atoms with Crippen molar-refractivity contribution in [3.8, 4) is 22.6 Å². The molecule has 11 rings (SSSR count). The summed E-state index contributed by atoms with van der Waals surface area (Å²) < 4.78 is 6.99. The zero-order valence-corrected chi connectivity index (χ0v) is 29.6. The first kappa shape index (κ1) is 30.1. The van der Waals surface area contributed by atoms with Crippen molar-refractivity contribution in [2.75, 3.05) is 9.80 Å². The molecule has 3 nitrogen and oxygen atoms in total. The van der Waals surface area contributed by atoms with E-state index in [0.29, 0.717) is 0 Å². The topological polar surface area (TPSA) is 15.7 Å². The van der Waals surface area contributed by atoms with E-state index in [1.165, 1.54) is 60.8 Å². The number of rotatable bonds is 4. The van der Waals surface area contributed by atoms with Gasteiger partial charge in [0.2, 0.25) is 0 Å². The zero-order valence-electron chi connectivity index (χ0n) is 29.6. The molecular formula is C49H35BN2O. The third kappa shape index (κ3) is 4.36. The molecule has 4 heteroatoms. The largest absolute Gasteiger partial charge is 0.458 e. The minimum atomic E-state index is -0.235. The lowest BCUT2D eigenvalue weighted by Crippen LogP contribution is -2.59. The summed E-state index contributed by atoms with van der Waals surface area (Å²) in [4.78, 5) is 4.78. The molecule has 250 valence electrons. The van der Waals surface area contributed by atoms with E-state index in [-0.39, 0.29) is 12.1 Å². The summed E-state index contributed by atoms with van der Waals surface area (Å²) in [5.74, 6) is 1.86. The van der Waals surface area contributed by atoms with Crippen LogP contribution < -0.4 is 30.9 Å². The van der Waals surface area contributed by atoms with Gasteiger partial charge >= 0.3 is 0 Å². The minimum Gasteiger partial charge on any atom is -0.458 e. The molecule has 0 radical (unpaired) electrons. The first-order valence-electron chi connectivity index (χ1n) is 18.5. The van der Waals surface area contributed by atoms with Crippen LogP contribution in [0.1, 0.15) is 25.0 Å². The van der Waals surface area contributed by atoms with Crippen molar-refractivity contribution < 1.29 is 4.74 Å². The molecule has 8 aromatic rings. The molecule has 0 aromatic heterocycles. The maximum atomic E-state index is 6.99. The van der Waals surface area contributed by atoms with Gasteiger partial charge in [-0.25, -0.2) is 0 Å². The van der Waals surface area contributed by atoms with Crippen LogP contribution in [0.25, 0.3) is 21.9 Å². The maximum absolute atomic E-state index is 6.99. The van der Waals surface area contributed by atoms with E-state index in [1.54, 1.807) is 0 Å². The Labute approximate surface area is 310 Å². The maximum Gasteiger partial charge on any atom is 0.257 e. The van der Waals surface area contributed by atoms with E-state index in [9.17, 15) is 0 Å². The lowest BCUT2D eigenvalue weighted by molar-refractivity contribution is 0.487. The summed E-state index contributed by atoms with van der Waals surface area (Å²) in [7, 11) is 0. The minimum absolute atomic E-state index is 0.0121. The molecular weight excluding hydrogens is 643 g/mol. The van der Waals surface area contributed by atoms with E-state index >= 15 is 0 Å². The predicted octanol–water partition coefficient (Wildman–Crippen LogP) is 11.0. The van der Waals surface area contributed by atoms with Gasteiger partial charge in [-0.2, -0.15) is 0 Å². The Bertz CT molecular complexity index is 2700. The lowest BCUT2D eigenvalue weighted by atomic mass is 9.33. The van der Waals surface area contributed by atoms with Gasteiger partial charge in [0.25, 0.3) is 6.71 Å². The van der Waals surface area contributed by atoms with Crippen molar-refractivity contribution in [3.63, 3.8) is 0 Å². The van der Waals surface area contributed by atoms with Crippen LogP contribution in [-0.2, 0) is 5.41 Å². The summed E-state index contributed by atoms with van der Waals surface area (Å²) in [5, 5.41) is 2.52. The highest BCUT2D eigenvalue weighted by Crippen LogP contribution is 2.52. The van der Waals surface area contributed by atoms with Gasteiger partial charge in [0.15, 0.2) is 0 Å². The fourth-order valence-corrected chi connectivity index (χ4v) is 9.27. The molecule has 53 heavy (non-hydrogen) atoms. The van der Waals surface area contributed by atoms with Gasteiger partial charge in [0.05, 0.1) is 0 Å². The molecule has 0 N–H and O–H groups in total. The number of hydrogen-bond donors (Lipinski definition) is 0. The van der Waals surface area contributed by atoms with Crippen molar-refractivity contribution in [1.29, 1.82) is 0 Å². The van der Waals surface area contributed by atoms with Gasteiger partial charge in [-0.3, -0.25) is 0 Å². The fraction of sp³-hybridized carbons (Fsp3) is 0.0612. The smallest absolute Gasteiger partial charge is 0.257 e. The summed E-state index contributed by atoms with van der Waals surface area (Å²) in [6, 6.07) is 63.8. The van der Waals surface area contributed by atoms with Crippen LogP contribution in [0.15, 0.2) is 176 Å². The van der Waals surface area contributed by atoms with Crippen molar-refractivity contribution in [1.82, 2.24) is 0 Å². The monoisotopic (exact) mass is 678 g/mol. The van der Waals surface area contributed by atoms with Crippen LogP contribution in [0.5, 0.6) is 11.5 Å². The Morgan fingerprint density at radius 2 is 1.17 bits per heavy atom. The summed E-state index contributed by atoms with van der Waals surface area (Å²) in [6.45, 7) is 4.78. The van der Waals surface area contributed by atoms with Crippen molar-refractivity contribution in [2.45, 2.75) is 19.3 Å². The number of para-hydroxylation sites is 3. The molecule has 0 fully saturated rings. The Morgan fingerprint density at radius 1 is 0.509 bits per heavy atom. The third-order valence-electron chi connectivity index (χ3n) is 11.7. The van der Waals surface area contributed by atoms with Crippen LogP contribution in [0.4, 0.5) is 34.1 Å². The van der Waals surface area contributed by atoms with Crippen molar-refractivity contribution in [3.05, 3.63) is 187 Å². The van der Waals surface area contributed by atoms with E-state index in [1.807, 2.05) is 0 Å². The van der Waals surface area contributed by atoms with Gasteiger partial charge in [-0.15, -0.1) is 0 Å². The quantitative estimate of drug-likeness (QED) is 0.172. The molecule has 0 unspecified atom stereocenters. The molecule has 1 aliphatic carbocycles. The number of fused-ring (bicyclic) bond motifs is 9. The highest BCUT2D eigenvalue weighted by atomic mass is 16.5. The molecule has 0 atom stereocenters. The Balaban J connectivity index is 1.11. The second-order valence-corrected chi connectivity index (χ2v) is 14.9. The number of nitrogens with zero attached hydrogens (tertiary/aromatic N) is 2. The van der Waals surface area contributed by atoms with Crippen LogP contribution in [0.2, 0.25) is 0 Å². The Morgan fingerprint density at radius 3 is 1.92 bits per heavy atom. The van der Waals surface area contributed by atoms with Gasteiger partial charge in [-0.1, -0.05) is 117 Å². The van der Waals surface area contributed by atoms with Gasteiger partial charge in [0, 0.05) is 39.5 Å². The normalized spacial score (nSPS) is 14.1. The number of anilines is 6. The van der Waals surface area contributed by atoms with Crippen molar-refractivity contribution >= 4 is 68.0 Å². The Hall–Kier alpha value is -6.52. The molecule has 2 heterocycles. The van der Waals surface area contributed by atoms with E-state index in [0.717, 1.165) is 34.2 Å². The molecule has 0 saturated heterocycles. The number of benzene rings is 8.